The number of nitrogens with one attached hydrogen (secondary N) is 2. The molecule has 1 unspecified atom stereocenters. The number of ketones is 1. The van der Waals surface area contributed by atoms with Gasteiger partial charge in [-0.3, -0.25) is 9.59 Å². The summed E-state index contributed by atoms with van der Waals surface area (Å²) < 4.78 is 10.3. The van der Waals surface area contributed by atoms with Gasteiger partial charge in [0.15, 0.2) is 0 Å². The zero-order valence-corrected chi connectivity index (χ0v) is 22.8. The smallest absolute Gasteiger partial charge is 0.354 e. The average Bonchev–Trinajstić information content (AvgIpc) is 3.35. The molecule has 4 rings (SSSR count). The Kier molecular flexibility index (Phi) is 8.38. The van der Waals surface area contributed by atoms with Crippen LogP contribution in [0.4, 0.5) is 0 Å². The molecule has 1 atom stereocenters. The maximum atomic E-state index is 14.0. The van der Waals surface area contributed by atoms with Crippen molar-refractivity contribution in [1.29, 1.82) is 0 Å². The topological polar surface area (TPSA) is 116 Å². The summed E-state index contributed by atoms with van der Waals surface area (Å²) in [6.45, 7) is 12.0. The van der Waals surface area contributed by atoms with Gasteiger partial charge in [-0.05, 0) is 42.0 Å². The van der Waals surface area contributed by atoms with E-state index in [4.69, 9.17) is 9.47 Å². The minimum absolute atomic E-state index is 0.0763. The highest BCUT2D eigenvalue weighted by molar-refractivity contribution is 6.46. The minimum atomic E-state index is -0.793. The molecule has 2 saturated heterocycles. The quantitative estimate of drug-likeness (QED) is 0.232. The molecule has 3 heterocycles. The molecule has 0 bridgehead atoms. The zero-order valence-electron chi connectivity index (χ0n) is 22.8. The van der Waals surface area contributed by atoms with Gasteiger partial charge in [0, 0.05) is 24.2 Å². The number of ether oxygens (including phenoxy) is 2. The van der Waals surface area contributed by atoms with Crippen LogP contribution in [0.5, 0.6) is 0 Å². The summed E-state index contributed by atoms with van der Waals surface area (Å²) in [5, 5.41) is 14.0. The van der Waals surface area contributed by atoms with Crippen LogP contribution in [0.15, 0.2) is 29.8 Å². The summed E-state index contributed by atoms with van der Waals surface area (Å²) in [5.74, 6) is -2.27. The number of morpholine rings is 1. The number of carbonyl (C=O) groups excluding carboxylic acids is 3. The Morgan fingerprint density at radius 2 is 1.84 bits per heavy atom. The van der Waals surface area contributed by atoms with Crippen LogP contribution in [0, 0.1) is 13.8 Å². The van der Waals surface area contributed by atoms with E-state index in [2.05, 4.69) is 18.8 Å². The number of methoxy groups -OCH3 is 1. The van der Waals surface area contributed by atoms with Crippen molar-refractivity contribution >= 4 is 23.4 Å². The van der Waals surface area contributed by atoms with Crippen molar-refractivity contribution in [2.75, 3.05) is 46.5 Å². The number of carbonyl (C=O) groups is 3. The highest BCUT2D eigenvalue weighted by Gasteiger charge is 2.44. The fraction of sp³-hybridized carbons (Fsp3) is 0.483. The van der Waals surface area contributed by atoms with Crippen molar-refractivity contribution < 1.29 is 33.9 Å². The van der Waals surface area contributed by atoms with Crippen LogP contribution in [0.25, 0.3) is 5.76 Å². The summed E-state index contributed by atoms with van der Waals surface area (Å²) >= 11 is 0. The summed E-state index contributed by atoms with van der Waals surface area (Å²) in [4.78, 5) is 44.8. The Balaban J connectivity index is 1.75. The normalized spacial score (nSPS) is 19.9. The maximum Gasteiger partial charge on any atom is 0.354 e. The largest absolute Gasteiger partial charge is 0.872 e. The first-order valence-electron chi connectivity index (χ1n) is 13.2. The lowest BCUT2D eigenvalue weighted by molar-refractivity contribution is -0.908. The lowest BCUT2D eigenvalue weighted by atomic mass is 9.92. The predicted octanol–water partition coefficient (Wildman–Crippen LogP) is 1.07. The van der Waals surface area contributed by atoms with Crippen molar-refractivity contribution in [3.63, 3.8) is 0 Å². The third kappa shape index (κ3) is 5.26. The van der Waals surface area contributed by atoms with E-state index in [1.807, 2.05) is 24.3 Å². The number of likely N-dealkylation sites (tertiary alicyclic amines) is 1. The summed E-state index contributed by atoms with van der Waals surface area (Å²) in [5.41, 5.74) is 3.00. The minimum Gasteiger partial charge on any atom is -0.872 e. The van der Waals surface area contributed by atoms with E-state index < -0.39 is 29.5 Å². The molecule has 9 nitrogen and oxygen atoms in total. The molecule has 2 N–H and O–H groups in total. The first-order valence-corrected chi connectivity index (χ1v) is 13.2. The number of Topliss-reactive ketones (excluding diaryl/α,β-unsaturated/α-hetero) is 1. The van der Waals surface area contributed by atoms with Gasteiger partial charge in [-0.1, -0.05) is 43.9 Å². The first kappa shape index (κ1) is 27.6. The molecule has 0 aliphatic carbocycles. The van der Waals surface area contributed by atoms with Crippen molar-refractivity contribution in [3.8, 4) is 0 Å². The number of esters is 1. The summed E-state index contributed by atoms with van der Waals surface area (Å²) in [7, 11) is 1.26. The van der Waals surface area contributed by atoms with Crippen LogP contribution in [0.2, 0.25) is 0 Å². The molecular formula is C29H37N3O6. The van der Waals surface area contributed by atoms with Crippen molar-refractivity contribution in [3.05, 3.63) is 63.5 Å². The molecule has 2 aliphatic heterocycles. The van der Waals surface area contributed by atoms with Gasteiger partial charge >= 0.3 is 5.97 Å². The van der Waals surface area contributed by atoms with E-state index >= 15 is 0 Å². The van der Waals surface area contributed by atoms with E-state index in [-0.39, 0.29) is 16.8 Å². The molecule has 1 aromatic heterocycles. The number of hydrogen-bond acceptors (Lipinski definition) is 6. The van der Waals surface area contributed by atoms with Gasteiger partial charge in [-0.15, -0.1) is 0 Å². The third-order valence-corrected chi connectivity index (χ3v) is 7.63. The Morgan fingerprint density at radius 1 is 1.18 bits per heavy atom. The van der Waals surface area contributed by atoms with Crippen LogP contribution in [0.3, 0.4) is 0 Å². The van der Waals surface area contributed by atoms with Crippen LogP contribution < -0.4 is 10.0 Å². The summed E-state index contributed by atoms with van der Waals surface area (Å²) in [6.07, 6.45) is 0.700. The van der Waals surface area contributed by atoms with Gasteiger partial charge < -0.3 is 29.4 Å². The highest BCUT2D eigenvalue weighted by Crippen LogP contribution is 2.40. The number of benzene rings is 1. The van der Waals surface area contributed by atoms with Gasteiger partial charge in [0.05, 0.1) is 32.9 Å². The maximum absolute atomic E-state index is 14.0. The van der Waals surface area contributed by atoms with E-state index in [9.17, 15) is 19.5 Å². The number of amides is 1. The second-order valence-corrected chi connectivity index (χ2v) is 10.4. The standard InChI is InChI=1S/C29H37N3O6/c1-17(2)20-7-9-21(10-8-20)25-23(26(33)22-18(3)24(29(36)37-5)30-19(22)4)27(34)28(35)32(25)12-6-11-31-13-15-38-16-14-31/h7-10,17,25,30,33H,6,11-16H2,1-5H3/b26-23+. The number of aromatic amines is 1. The van der Waals surface area contributed by atoms with Crippen molar-refractivity contribution in [2.45, 2.75) is 46.1 Å². The second kappa shape index (κ2) is 11.5. The van der Waals surface area contributed by atoms with Crippen LogP contribution >= 0.6 is 0 Å². The van der Waals surface area contributed by atoms with E-state index in [0.29, 0.717) is 30.1 Å². The molecule has 0 saturated carbocycles. The number of aryl methyl sites for hydroxylation is 1. The molecule has 2 aromatic rings. The number of aromatic nitrogens is 1. The molecule has 1 aromatic carbocycles. The molecular weight excluding hydrogens is 486 g/mol. The summed E-state index contributed by atoms with van der Waals surface area (Å²) in [6, 6.07) is 6.96. The lowest BCUT2D eigenvalue weighted by Crippen LogP contribution is -3.14. The number of rotatable bonds is 8. The molecule has 204 valence electrons. The molecule has 9 heteroatoms. The van der Waals surface area contributed by atoms with Gasteiger partial charge in [0.25, 0.3) is 5.91 Å². The van der Waals surface area contributed by atoms with Crippen molar-refractivity contribution in [1.82, 2.24) is 9.88 Å². The van der Waals surface area contributed by atoms with Crippen LogP contribution in [-0.2, 0) is 19.1 Å². The monoisotopic (exact) mass is 523 g/mol. The number of H-pyrrole nitrogens is 1. The zero-order chi connectivity index (χ0) is 27.6. The molecule has 1 amide bonds. The SMILES string of the molecule is COC(=O)c1[nH]c(C)c(/C([O-])=C2\C(=O)C(=O)N(CCC[NH+]3CCOCC3)C2c2ccc(C(C)C)cc2)c1C. The number of hydrogen-bond donors (Lipinski definition) is 2. The van der Waals surface area contributed by atoms with Crippen molar-refractivity contribution in [2.24, 2.45) is 0 Å². The average molecular weight is 524 g/mol. The lowest BCUT2D eigenvalue weighted by Gasteiger charge is -2.29. The van der Waals surface area contributed by atoms with Gasteiger partial charge in [-0.2, -0.15) is 0 Å². The van der Waals surface area contributed by atoms with E-state index in [1.165, 1.54) is 12.0 Å². The Hall–Kier alpha value is -3.43. The van der Waals surface area contributed by atoms with E-state index in [0.717, 1.165) is 44.0 Å². The number of quaternary nitrogens is 1. The molecule has 38 heavy (non-hydrogen) atoms. The van der Waals surface area contributed by atoms with Gasteiger partial charge in [-0.25, -0.2) is 4.79 Å². The Morgan fingerprint density at radius 3 is 2.45 bits per heavy atom. The third-order valence-electron chi connectivity index (χ3n) is 7.63. The first-order chi connectivity index (χ1) is 18.1. The van der Waals surface area contributed by atoms with Gasteiger partial charge in [0.1, 0.15) is 18.8 Å². The second-order valence-electron chi connectivity index (χ2n) is 10.4. The highest BCUT2D eigenvalue weighted by atomic mass is 16.5. The molecule has 2 fully saturated rings. The molecule has 0 spiro atoms. The van der Waals surface area contributed by atoms with Crippen LogP contribution in [-0.4, -0.2) is 74.0 Å². The fourth-order valence-corrected chi connectivity index (χ4v) is 5.45. The van der Waals surface area contributed by atoms with Gasteiger partial charge in [0.2, 0.25) is 5.78 Å². The Labute approximate surface area is 223 Å². The molecule has 2 aliphatic rings. The van der Waals surface area contributed by atoms with E-state index in [1.54, 1.807) is 18.7 Å². The predicted molar refractivity (Wildman–Crippen MR) is 140 cm³/mol. The number of nitrogens with zero attached hydrogens (tertiary/aromatic N) is 1. The molecule has 0 radical (unpaired) electrons. The fourth-order valence-electron chi connectivity index (χ4n) is 5.45. The Bertz CT molecular complexity index is 1240. The van der Waals surface area contributed by atoms with Crippen LogP contribution in [0.1, 0.15) is 70.7 Å².